The molecule has 1 saturated carbocycles. The van der Waals surface area contributed by atoms with Gasteiger partial charge in [-0.3, -0.25) is 0 Å². The van der Waals surface area contributed by atoms with Gasteiger partial charge >= 0.3 is 0 Å². The number of hydrogen-bond acceptors (Lipinski definition) is 3. The van der Waals surface area contributed by atoms with Crippen LogP contribution in [0.15, 0.2) is 24.3 Å². The van der Waals surface area contributed by atoms with Crippen LogP contribution in [0.25, 0.3) is 0 Å². The highest BCUT2D eigenvalue weighted by Gasteiger charge is 2.38. The van der Waals surface area contributed by atoms with Gasteiger partial charge in [-0.05, 0) is 30.5 Å². The van der Waals surface area contributed by atoms with Gasteiger partial charge in [0, 0.05) is 8.22 Å². The average Bonchev–Trinajstić information content (AvgIpc) is 2.45. The second-order valence-corrected chi connectivity index (χ2v) is 4.27. The van der Waals surface area contributed by atoms with Gasteiger partial charge in [-0.15, -0.1) is 0 Å². The maximum absolute atomic E-state index is 10.9. The van der Waals surface area contributed by atoms with Crippen LogP contribution >= 0.6 is 0 Å². The Balaban J connectivity index is 2.45. The summed E-state index contributed by atoms with van der Waals surface area (Å²) in [6, 6.07) is 8.22. The summed E-state index contributed by atoms with van der Waals surface area (Å²) in [6.45, 7) is 0. The molecule has 0 heterocycles. The highest BCUT2D eigenvalue weighted by atomic mass is 16.5. The summed E-state index contributed by atoms with van der Waals surface area (Å²) < 4.78 is 52.2. The van der Waals surface area contributed by atoms with Crippen LogP contribution in [0.1, 0.15) is 51.7 Å². The molecule has 1 fully saturated rings. The van der Waals surface area contributed by atoms with E-state index >= 15 is 0 Å². The molecule has 1 unspecified atom stereocenters. The van der Waals surface area contributed by atoms with E-state index in [-0.39, 0.29) is 0 Å². The van der Waals surface area contributed by atoms with Gasteiger partial charge in [-0.25, -0.2) is 0 Å². The van der Waals surface area contributed by atoms with Crippen molar-refractivity contribution < 1.29 is 18.1 Å². The Hall–Kier alpha value is -1.53. The van der Waals surface area contributed by atoms with Gasteiger partial charge in [-0.1, -0.05) is 31.3 Å². The second kappa shape index (κ2) is 5.41. The first-order valence-corrected chi connectivity index (χ1v) is 5.66. The molecule has 1 aromatic rings. The average molecular weight is 251 g/mol. The third-order valence-electron chi connectivity index (χ3n) is 3.08. The molecular formula is C15H19NO2. The molecule has 1 N–H and O–H groups in total. The molecule has 96 valence electrons. The van der Waals surface area contributed by atoms with Crippen molar-refractivity contribution in [1.29, 1.82) is 5.26 Å². The molecule has 18 heavy (non-hydrogen) atoms. The molecule has 0 bridgehead atoms. The first kappa shape index (κ1) is 7.16. The lowest BCUT2D eigenvalue weighted by Crippen LogP contribution is -2.37. The van der Waals surface area contributed by atoms with Gasteiger partial charge in [0.25, 0.3) is 0 Å². The largest absolute Gasteiger partial charge is 0.497 e. The lowest BCUT2D eigenvalue weighted by Gasteiger charge is -2.36. The monoisotopic (exact) mass is 251 g/mol. The van der Waals surface area contributed by atoms with Crippen molar-refractivity contribution in [3.63, 3.8) is 0 Å². The summed E-state index contributed by atoms with van der Waals surface area (Å²) >= 11 is 0. The highest BCUT2D eigenvalue weighted by molar-refractivity contribution is 5.34. The summed E-state index contributed by atoms with van der Waals surface area (Å²) in [5.41, 5.74) is -1.63. The van der Waals surface area contributed by atoms with E-state index in [2.05, 4.69) is 0 Å². The van der Waals surface area contributed by atoms with Crippen LogP contribution in [-0.4, -0.2) is 17.8 Å². The van der Waals surface area contributed by atoms with E-state index in [0.29, 0.717) is 11.3 Å². The van der Waals surface area contributed by atoms with Gasteiger partial charge in [-0.2, -0.15) is 5.26 Å². The normalized spacial score (nSPS) is 33.2. The van der Waals surface area contributed by atoms with Crippen LogP contribution in [-0.2, 0) is 0 Å². The number of ether oxygens (including phenoxy) is 1. The Morgan fingerprint density at radius 1 is 1.33 bits per heavy atom. The van der Waals surface area contributed by atoms with E-state index in [1.54, 1.807) is 24.3 Å². The summed E-state index contributed by atoms with van der Waals surface area (Å²) in [4.78, 5) is 0. The Labute approximate surface area is 116 Å². The van der Waals surface area contributed by atoms with Crippen LogP contribution in [0.5, 0.6) is 5.75 Å². The van der Waals surface area contributed by atoms with E-state index < -0.39 is 43.5 Å². The zero-order chi connectivity index (χ0) is 18.4. The Morgan fingerprint density at radius 2 is 1.94 bits per heavy atom. The second-order valence-electron chi connectivity index (χ2n) is 4.27. The van der Waals surface area contributed by atoms with Gasteiger partial charge in [0.2, 0.25) is 0 Å². The van der Waals surface area contributed by atoms with Crippen LogP contribution < -0.4 is 4.74 Å². The molecule has 0 aliphatic heterocycles. The molecular weight excluding hydrogens is 226 g/mol. The summed E-state index contributed by atoms with van der Waals surface area (Å²) in [5.74, 6) is -0.641. The van der Waals surface area contributed by atoms with Crippen LogP contribution in [0.3, 0.4) is 0 Å². The van der Waals surface area contributed by atoms with E-state index in [1.807, 2.05) is 6.07 Å². The predicted octanol–water partition coefficient (Wildman–Crippen LogP) is 3.00. The number of rotatable bonds is 3. The lowest BCUT2D eigenvalue weighted by atomic mass is 9.73. The van der Waals surface area contributed by atoms with Crippen molar-refractivity contribution in [2.24, 2.45) is 0 Å². The first-order valence-electron chi connectivity index (χ1n) is 8.66. The van der Waals surface area contributed by atoms with Crippen molar-refractivity contribution in [2.45, 2.75) is 43.5 Å². The predicted molar refractivity (Wildman–Crippen MR) is 69.4 cm³/mol. The third kappa shape index (κ3) is 2.49. The third-order valence-corrected chi connectivity index (χ3v) is 3.08. The molecule has 0 aromatic heterocycles. The fraction of sp³-hybridized carbons (Fsp3) is 0.533. The number of nitrogens with zero attached hydrogens (tertiary/aromatic N) is 1. The Bertz CT molecular complexity index is 633. The molecule has 0 amide bonds. The van der Waals surface area contributed by atoms with Crippen LogP contribution in [0.4, 0.5) is 0 Å². The van der Waals surface area contributed by atoms with E-state index in [0.717, 1.165) is 0 Å². The van der Waals surface area contributed by atoms with Crippen molar-refractivity contribution in [1.82, 2.24) is 0 Å². The maximum Gasteiger partial charge on any atom is 0.118 e. The zero-order valence-electron chi connectivity index (χ0n) is 16.1. The zero-order valence-corrected chi connectivity index (χ0v) is 10.1. The summed E-state index contributed by atoms with van der Waals surface area (Å²) in [5, 5.41) is 20.4. The molecule has 0 saturated heterocycles. The SMILES string of the molecule is [2H]C1([2H])CC(O)(C(C#N)c2ccc(OC)cc2)CC([2H])([2H])C1([2H])[2H]. The standard InChI is InChI=1S/C15H19NO2/c1-18-13-7-5-12(6-8-13)14(11-16)15(17)9-3-2-4-10-15/h5-8,14,17H,2-4,9-10H2,1H3/i2D2,3D2,4D2. The molecule has 3 nitrogen and oxygen atoms in total. The number of benzene rings is 1. The molecule has 1 atom stereocenters. The minimum absolute atomic E-state index is 0.398. The van der Waals surface area contributed by atoms with Crippen molar-refractivity contribution in [3.8, 4) is 11.8 Å². The molecule has 3 heteroatoms. The van der Waals surface area contributed by atoms with Crippen molar-refractivity contribution in [3.05, 3.63) is 29.8 Å². The van der Waals surface area contributed by atoms with Crippen LogP contribution in [0, 0.1) is 11.3 Å². The van der Waals surface area contributed by atoms with E-state index in [4.69, 9.17) is 13.0 Å². The number of hydrogen-bond donors (Lipinski definition) is 1. The van der Waals surface area contributed by atoms with Gasteiger partial charge in [0.1, 0.15) is 5.75 Å². The van der Waals surface area contributed by atoms with E-state index in [9.17, 15) is 10.4 Å². The summed E-state index contributed by atoms with van der Waals surface area (Å²) in [7, 11) is 1.48. The fourth-order valence-corrected chi connectivity index (χ4v) is 2.02. The summed E-state index contributed by atoms with van der Waals surface area (Å²) in [6.07, 6.45) is -9.35. The van der Waals surface area contributed by atoms with Crippen LogP contribution in [0.2, 0.25) is 0 Å². The van der Waals surface area contributed by atoms with E-state index in [1.165, 1.54) is 7.11 Å². The molecule has 0 radical (unpaired) electrons. The number of nitriles is 1. The minimum Gasteiger partial charge on any atom is -0.497 e. The Morgan fingerprint density at radius 3 is 2.44 bits per heavy atom. The van der Waals surface area contributed by atoms with Gasteiger partial charge in [0.15, 0.2) is 0 Å². The molecule has 1 aliphatic carbocycles. The van der Waals surface area contributed by atoms with Gasteiger partial charge < -0.3 is 9.84 Å². The maximum atomic E-state index is 10.9. The first-order chi connectivity index (χ1) is 10.9. The topological polar surface area (TPSA) is 53.2 Å². The number of methoxy groups -OCH3 is 1. The number of aliphatic hydroxyl groups is 1. The Kier molecular flexibility index (Phi) is 2.15. The lowest BCUT2D eigenvalue weighted by molar-refractivity contribution is -0.00714. The molecule has 1 aliphatic rings. The molecule has 2 rings (SSSR count). The molecule has 0 spiro atoms. The fourth-order valence-electron chi connectivity index (χ4n) is 2.02. The highest BCUT2D eigenvalue weighted by Crippen LogP contribution is 2.39. The van der Waals surface area contributed by atoms with Crippen molar-refractivity contribution >= 4 is 0 Å². The smallest absolute Gasteiger partial charge is 0.118 e. The minimum atomic E-state index is -2.77. The van der Waals surface area contributed by atoms with Crippen molar-refractivity contribution in [2.75, 3.05) is 7.11 Å². The molecule has 1 aromatic carbocycles. The quantitative estimate of drug-likeness (QED) is 0.898. The van der Waals surface area contributed by atoms with Gasteiger partial charge in [0.05, 0.1) is 24.7 Å².